The summed E-state index contributed by atoms with van der Waals surface area (Å²) in [5.74, 6) is 1.17. The first-order valence-corrected chi connectivity index (χ1v) is 25.7. The smallest absolute Gasteiger partial charge is 0.255 e. The highest BCUT2D eigenvalue weighted by atomic mass is 16.5. The van der Waals surface area contributed by atoms with Gasteiger partial charge in [0.1, 0.15) is 23.8 Å². The molecule has 5 heterocycles. The van der Waals surface area contributed by atoms with Gasteiger partial charge in [0.15, 0.2) is 11.6 Å². The molecular weight excluding hydrogens is 947 g/mol. The second-order valence-electron chi connectivity index (χ2n) is 18.6. The number of carbonyl (C=O) groups is 5. The van der Waals surface area contributed by atoms with Crippen LogP contribution in [0.5, 0.6) is 5.75 Å². The van der Waals surface area contributed by atoms with Crippen molar-refractivity contribution < 1.29 is 42.9 Å². The molecule has 3 aromatic carbocycles. The number of nitrogens with zero attached hydrogens (tertiary/aromatic N) is 8. The molecule has 5 amide bonds. The molecule has 0 spiro atoms. The first-order chi connectivity index (χ1) is 36.1. The second-order valence-corrected chi connectivity index (χ2v) is 18.6. The van der Waals surface area contributed by atoms with Gasteiger partial charge in [-0.05, 0) is 105 Å². The van der Waals surface area contributed by atoms with Crippen LogP contribution in [0.25, 0.3) is 11.5 Å². The van der Waals surface area contributed by atoms with E-state index in [0.29, 0.717) is 127 Å². The maximum atomic E-state index is 13.3. The van der Waals surface area contributed by atoms with Gasteiger partial charge in [0.25, 0.3) is 11.8 Å². The zero-order valence-corrected chi connectivity index (χ0v) is 42.3. The number of piperazine rings is 1. The number of amides is 5. The number of fused-ring (bicyclic) bond motifs is 1. The molecule has 5 aromatic rings. The summed E-state index contributed by atoms with van der Waals surface area (Å²) in [5, 5.41) is 17.4. The molecule has 1 unspecified atom stereocenters. The van der Waals surface area contributed by atoms with Crippen molar-refractivity contribution in [1.29, 1.82) is 0 Å². The van der Waals surface area contributed by atoms with Crippen LogP contribution in [0.4, 0.5) is 11.4 Å². The Labute approximate surface area is 431 Å². The quantitative estimate of drug-likeness (QED) is 0.0451. The van der Waals surface area contributed by atoms with E-state index in [1.54, 1.807) is 23.2 Å². The summed E-state index contributed by atoms with van der Waals surface area (Å²) in [5.41, 5.74) is 5.42. The topological polar surface area (TPSA) is 225 Å². The Hall–Kier alpha value is -7.29. The molecule has 20 heteroatoms. The number of ether oxygens (including phenoxy) is 4. The van der Waals surface area contributed by atoms with Crippen LogP contribution in [0.1, 0.15) is 102 Å². The number of anilines is 2. The van der Waals surface area contributed by atoms with Gasteiger partial charge in [-0.3, -0.25) is 29.3 Å². The van der Waals surface area contributed by atoms with Crippen LogP contribution in [-0.2, 0) is 48.7 Å². The first-order valence-electron chi connectivity index (χ1n) is 25.7. The SMILES string of the molecule is C[C@@H](NC(=O)c1cccc(NCc2nnc(-c3ccncn3)n2C)c1)c1cccc(OCCCCCCOCCOCCOCCCC(=O)N2CCN(c3ccc4c(c3)CN(C3CCC(=O)NC3=O)C4=O)CC2)c1. The average molecular weight is 1010 g/mol. The van der Waals surface area contributed by atoms with E-state index in [9.17, 15) is 24.0 Å². The zero-order chi connectivity index (χ0) is 51.7. The predicted molar refractivity (Wildman–Crippen MR) is 275 cm³/mol. The van der Waals surface area contributed by atoms with Gasteiger partial charge in [-0.2, -0.15) is 0 Å². The van der Waals surface area contributed by atoms with E-state index in [1.165, 1.54) is 6.33 Å². The third-order valence-corrected chi connectivity index (χ3v) is 13.4. The highest BCUT2D eigenvalue weighted by Gasteiger charge is 2.39. The molecular formula is C54H67N11O9. The molecule has 0 aliphatic carbocycles. The minimum absolute atomic E-state index is 0.117. The minimum atomic E-state index is -0.638. The van der Waals surface area contributed by atoms with Crippen molar-refractivity contribution in [2.45, 2.75) is 83.5 Å². The summed E-state index contributed by atoms with van der Waals surface area (Å²) in [6.07, 6.45) is 8.72. The summed E-state index contributed by atoms with van der Waals surface area (Å²) >= 11 is 0. The van der Waals surface area contributed by atoms with Crippen LogP contribution in [0.2, 0.25) is 0 Å². The number of nitrogens with one attached hydrogen (secondary N) is 3. The normalized spacial score (nSPS) is 16.0. The molecule has 2 aromatic heterocycles. The van der Waals surface area contributed by atoms with Crippen molar-refractivity contribution in [3.63, 3.8) is 0 Å². The molecule has 8 rings (SSSR count). The van der Waals surface area contributed by atoms with Crippen molar-refractivity contribution in [3.05, 3.63) is 113 Å². The van der Waals surface area contributed by atoms with Gasteiger partial charge >= 0.3 is 0 Å². The van der Waals surface area contributed by atoms with Gasteiger partial charge in [0.05, 0.1) is 45.6 Å². The molecule has 2 fully saturated rings. The van der Waals surface area contributed by atoms with E-state index in [1.807, 2.05) is 84.1 Å². The van der Waals surface area contributed by atoms with Gasteiger partial charge in [-0.25, -0.2) is 9.97 Å². The Bertz CT molecular complexity index is 2690. The second kappa shape index (κ2) is 26.6. The van der Waals surface area contributed by atoms with Crippen LogP contribution in [0.15, 0.2) is 85.3 Å². The van der Waals surface area contributed by atoms with Gasteiger partial charge < -0.3 is 48.8 Å². The van der Waals surface area contributed by atoms with Crippen LogP contribution < -0.4 is 25.6 Å². The molecule has 3 N–H and O–H groups in total. The van der Waals surface area contributed by atoms with E-state index >= 15 is 0 Å². The molecule has 3 aliphatic heterocycles. The van der Waals surface area contributed by atoms with Gasteiger partial charge in [0.2, 0.25) is 17.7 Å². The molecule has 3 aliphatic rings. The number of piperidine rings is 1. The summed E-state index contributed by atoms with van der Waals surface area (Å²) in [4.78, 5) is 77.2. The summed E-state index contributed by atoms with van der Waals surface area (Å²) < 4.78 is 25.0. The fraction of sp³-hybridized carbons (Fsp3) is 0.463. The van der Waals surface area contributed by atoms with Crippen LogP contribution in [-0.4, -0.2) is 143 Å². The van der Waals surface area contributed by atoms with Crippen LogP contribution in [0.3, 0.4) is 0 Å². The van der Waals surface area contributed by atoms with Crippen molar-refractivity contribution in [2.75, 3.05) is 82.6 Å². The van der Waals surface area contributed by atoms with Crippen LogP contribution in [0, 0.1) is 0 Å². The number of unbranched alkanes of at least 4 members (excludes halogenated alkanes) is 3. The molecule has 2 saturated heterocycles. The van der Waals surface area contributed by atoms with Crippen molar-refractivity contribution in [2.24, 2.45) is 7.05 Å². The molecule has 0 saturated carbocycles. The minimum Gasteiger partial charge on any atom is -0.494 e. The van der Waals surface area contributed by atoms with Crippen molar-refractivity contribution >= 4 is 40.9 Å². The van der Waals surface area contributed by atoms with Gasteiger partial charge in [-0.15, -0.1) is 10.2 Å². The Kier molecular flexibility index (Phi) is 19.1. The zero-order valence-electron chi connectivity index (χ0n) is 42.3. The van der Waals surface area contributed by atoms with E-state index in [-0.39, 0.29) is 36.1 Å². The third kappa shape index (κ3) is 14.5. The summed E-state index contributed by atoms with van der Waals surface area (Å²) in [6.45, 7) is 9.03. The molecule has 0 bridgehead atoms. The Morgan fingerprint density at radius 3 is 2.34 bits per heavy atom. The Morgan fingerprint density at radius 1 is 0.811 bits per heavy atom. The highest BCUT2D eigenvalue weighted by Crippen LogP contribution is 2.31. The largest absolute Gasteiger partial charge is 0.494 e. The summed E-state index contributed by atoms with van der Waals surface area (Å²) in [7, 11) is 1.89. The molecule has 20 nitrogen and oxygen atoms in total. The predicted octanol–water partition coefficient (Wildman–Crippen LogP) is 5.25. The highest BCUT2D eigenvalue weighted by molar-refractivity contribution is 6.05. The molecule has 392 valence electrons. The number of benzene rings is 3. The van der Waals surface area contributed by atoms with Crippen molar-refractivity contribution in [1.82, 2.24) is 45.2 Å². The standard InChI is InChI=1S/C54H67N11O9/c1-38(58-52(68)40-11-7-12-42(32-40)56-35-48-60-61-51(62(48)2)46-19-20-55-37-57-46)39-10-8-13-44(34-39)74-27-6-4-3-5-25-71-28-30-73-31-29-72-26-9-14-50(67)64-23-21-63(22-24-64)43-15-16-45-41(33-43)36-65(54(45)70)47-17-18-49(66)59-53(47)69/h7-8,10-13,15-16,19-20,32-34,37-38,47,56H,3-6,9,14,17-18,21-31,35-36H2,1-2H3,(H,58,68)(H,59,66,69)/t38-,47?/m1/s1. The van der Waals surface area contributed by atoms with E-state index in [2.05, 4.69) is 41.0 Å². The van der Waals surface area contributed by atoms with Crippen LogP contribution >= 0.6 is 0 Å². The third-order valence-electron chi connectivity index (χ3n) is 13.4. The number of imide groups is 1. The van der Waals surface area contributed by atoms with Gasteiger partial charge in [-0.1, -0.05) is 24.6 Å². The first kappa shape index (κ1) is 53.0. The lowest BCUT2D eigenvalue weighted by molar-refractivity contribution is -0.137. The lowest BCUT2D eigenvalue weighted by Gasteiger charge is -2.36. The maximum absolute atomic E-state index is 13.3. The number of hydrogen-bond acceptors (Lipinski definition) is 15. The molecule has 0 radical (unpaired) electrons. The van der Waals surface area contributed by atoms with Gasteiger partial charge in [0, 0.05) is 94.5 Å². The van der Waals surface area contributed by atoms with E-state index in [4.69, 9.17) is 18.9 Å². The number of hydrogen-bond donors (Lipinski definition) is 3. The summed E-state index contributed by atoms with van der Waals surface area (Å²) in [6, 6.07) is 21.9. The Balaban J connectivity index is 0.602. The van der Waals surface area contributed by atoms with E-state index < -0.39 is 11.9 Å². The average Bonchev–Trinajstić information content (AvgIpc) is 3.96. The van der Waals surface area contributed by atoms with E-state index in [0.717, 1.165) is 59.8 Å². The molecule has 2 atom stereocenters. The lowest BCUT2D eigenvalue weighted by Crippen LogP contribution is -2.52. The number of rotatable bonds is 27. The number of aromatic nitrogens is 5. The number of carbonyl (C=O) groups excluding carboxylic acids is 5. The van der Waals surface area contributed by atoms with Crippen molar-refractivity contribution in [3.8, 4) is 17.3 Å². The maximum Gasteiger partial charge on any atom is 0.255 e. The fourth-order valence-electron chi connectivity index (χ4n) is 9.20. The Morgan fingerprint density at radius 2 is 1.57 bits per heavy atom. The monoisotopic (exact) mass is 1010 g/mol. The fourth-order valence-corrected chi connectivity index (χ4v) is 9.20. The molecule has 74 heavy (non-hydrogen) atoms. The lowest BCUT2D eigenvalue weighted by atomic mass is 10.0.